The first kappa shape index (κ1) is 25.0. The third kappa shape index (κ3) is 5.84. The fourth-order valence-corrected chi connectivity index (χ4v) is 4.06. The molecule has 0 aromatic heterocycles. The second-order valence-corrected chi connectivity index (χ2v) is 9.12. The van der Waals surface area contributed by atoms with Crippen molar-refractivity contribution in [3.8, 4) is 11.1 Å². The Labute approximate surface area is 200 Å². The zero-order valence-electron chi connectivity index (χ0n) is 19.7. The average molecular weight is 465 g/mol. The van der Waals surface area contributed by atoms with Gasteiger partial charge in [0.15, 0.2) is 0 Å². The van der Waals surface area contributed by atoms with Crippen LogP contribution in [0, 0.1) is 5.41 Å². The maximum atomic E-state index is 12.7. The lowest BCUT2D eigenvalue weighted by Crippen LogP contribution is -2.47. The molecule has 0 fully saturated rings. The van der Waals surface area contributed by atoms with Crippen molar-refractivity contribution in [2.45, 2.75) is 45.1 Å². The molecule has 0 spiro atoms. The molecule has 0 saturated heterocycles. The number of nitrogens with one attached hydrogen (secondary N) is 2. The molecule has 3 rings (SSSR count). The van der Waals surface area contributed by atoms with Gasteiger partial charge in [-0.2, -0.15) is 0 Å². The van der Waals surface area contributed by atoms with Crippen LogP contribution in [0.2, 0.25) is 0 Å². The second kappa shape index (κ2) is 11.0. The number of carboxylic acid groups (broad SMARTS) is 1. The largest absolute Gasteiger partial charge is 0.481 e. The molecule has 34 heavy (non-hydrogen) atoms. The average Bonchev–Trinajstić information content (AvgIpc) is 3.14. The highest BCUT2D eigenvalue weighted by Gasteiger charge is 2.30. The Kier molecular flexibility index (Phi) is 8.10. The molecule has 180 valence electrons. The predicted octanol–water partition coefficient (Wildman–Crippen LogP) is 4.48. The number of carbonyl (C=O) groups is 3. The van der Waals surface area contributed by atoms with Gasteiger partial charge in [0.1, 0.15) is 12.6 Å². The molecule has 3 N–H and O–H groups in total. The van der Waals surface area contributed by atoms with Crippen molar-refractivity contribution in [3.05, 3.63) is 72.3 Å². The summed E-state index contributed by atoms with van der Waals surface area (Å²) < 4.78 is 5.56. The van der Waals surface area contributed by atoms with E-state index in [1.807, 2.05) is 36.4 Å². The number of benzene rings is 2. The van der Waals surface area contributed by atoms with Crippen molar-refractivity contribution in [2.24, 2.45) is 5.41 Å². The lowest BCUT2D eigenvalue weighted by Gasteiger charge is -2.22. The maximum Gasteiger partial charge on any atom is 0.407 e. The van der Waals surface area contributed by atoms with Crippen LogP contribution in [0.25, 0.3) is 11.1 Å². The van der Waals surface area contributed by atoms with Crippen LogP contribution in [0.5, 0.6) is 0 Å². The van der Waals surface area contributed by atoms with E-state index in [2.05, 4.69) is 29.3 Å². The standard InChI is InChI=1S/C27H32N2O5/c1-4-5-14-23(24(30)28-16-15-27(2,3)25(31)32)29-26(33)34-17-22-20-12-8-6-10-18(20)19-11-7-9-13-21(19)22/h4,6-13,22-23H,1,5,14-17H2,2-3H3,(H,28,30)(H,29,33)(H,31,32). The molecule has 0 aliphatic heterocycles. The Morgan fingerprint density at radius 2 is 1.68 bits per heavy atom. The fraction of sp³-hybridized carbons (Fsp3) is 0.370. The zero-order chi connectivity index (χ0) is 24.7. The molecule has 2 aromatic carbocycles. The Hall–Kier alpha value is -3.61. The molecule has 2 amide bonds. The summed E-state index contributed by atoms with van der Waals surface area (Å²) in [4.78, 5) is 36.5. The molecule has 0 bridgehead atoms. The van der Waals surface area contributed by atoms with E-state index in [0.29, 0.717) is 12.8 Å². The van der Waals surface area contributed by atoms with Gasteiger partial charge < -0.3 is 20.5 Å². The number of ether oxygens (including phenoxy) is 1. The van der Waals surface area contributed by atoms with Gasteiger partial charge in [-0.1, -0.05) is 54.6 Å². The molecule has 1 aliphatic carbocycles. The smallest absolute Gasteiger partial charge is 0.407 e. The molecule has 2 aromatic rings. The molecule has 0 radical (unpaired) electrons. The molecule has 7 heteroatoms. The van der Waals surface area contributed by atoms with Gasteiger partial charge in [-0.15, -0.1) is 6.58 Å². The van der Waals surface area contributed by atoms with Crippen molar-refractivity contribution >= 4 is 18.0 Å². The predicted molar refractivity (Wildman–Crippen MR) is 130 cm³/mol. The summed E-state index contributed by atoms with van der Waals surface area (Å²) in [6.07, 6.45) is 2.17. The van der Waals surface area contributed by atoms with Crippen LogP contribution < -0.4 is 10.6 Å². The third-order valence-corrected chi connectivity index (χ3v) is 6.24. The molecule has 1 atom stereocenters. The number of amides is 2. The second-order valence-electron chi connectivity index (χ2n) is 9.12. The summed E-state index contributed by atoms with van der Waals surface area (Å²) >= 11 is 0. The quantitative estimate of drug-likeness (QED) is 0.426. The number of aliphatic carboxylic acids is 1. The maximum absolute atomic E-state index is 12.7. The summed E-state index contributed by atoms with van der Waals surface area (Å²) in [6, 6.07) is 15.3. The Bertz CT molecular complexity index is 1020. The van der Waals surface area contributed by atoms with Crippen LogP contribution in [0.4, 0.5) is 4.79 Å². The fourth-order valence-electron chi connectivity index (χ4n) is 4.06. The first-order chi connectivity index (χ1) is 16.2. The van der Waals surface area contributed by atoms with Gasteiger partial charge in [0.05, 0.1) is 5.41 Å². The number of hydrogen-bond acceptors (Lipinski definition) is 4. The van der Waals surface area contributed by atoms with E-state index in [1.165, 1.54) is 0 Å². The first-order valence-corrected chi connectivity index (χ1v) is 11.5. The number of carboxylic acids is 1. The zero-order valence-corrected chi connectivity index (χ0v) is 19.7. The van der Waals surface area contributed by atoms with Gasteiger partial charge in [-0.3, -0.25) is 9.59 Å². The molecule has 0 saturated carbocycles. The van der Waals surface area contributed by atoms with Gasteiger partial charge in [-0.05, 0) is 55.4 Å². The monoisotopic (exact) mass is 464 g/mol. The van der Waals surface area contributed by atoms with Crippen LogP contribution >= 0.6 is 0 Å². The van der Waals surface area contributed by atoms with Crippen LogP contribution in [0.3, 0.4) is 0 Å². The topological polar surface area (TPSA) is 105 Å². The van der Waals surface area contributed by atoms with Crippen LogP contribution in [0.15, 0.2) is 61.2 Å². The van der Waals surface area contributed by atoms with Gasteiger partial charge in [0.25, 0.3) is 0 Å². The van der Waals surface area contributed by atoms with E-state index < -0.39 is 23.5 Å². The molecule has 1 unspecified atom stereocenters. The van der Waals surface area contributed by atoms with Gasteiger partial charge >= 0.3 is 12.1 Å². The summed E-state index contributed by atoms with van der Waals surface area (Å²) in [5.41, 5.74) is 3.54. The van der Waals surface area contributed by atoms with Crippen LogP contribution in [0.1, 0.15) is 50.2 Å². The van der Waals surface area contributed by atoms with E-state index in [-0.39, 0.29) is 31.4 Å². The highest BCUT2D eigenvalue weighted by atomic mass is 16.5. The van der Waals surface area contributed by atoms with Crippen molar-refractivity contribution in [1.82, 2.24) is 10.6 Å². The summed E-state index contributed by atoms with van der Waals surface area (Å²) in [7, 11) is 0. The number of fused-ring (bicyclic) bond motifs is 3. The van der Waals surface area contributed by atoms with E-state index in [1.54, 1.807) is 19.9 Å². The van der Waals surface area contributed by atoms with Crippen molar-refractivity contribution in [2.75, 3.05) is 13.2 Å². The number of hydrogen-bond donors (Lipinski definition) is 3. The minimum absolute atomic E-state index is 0.0724. The van der Waals surface area contributed by atoms with Gasteiger partial charge in [0.2, 0.25) is 5.91 Å². The number of allylic oxidation sites excluding steroid dienone is 1. The Balaban J connectivity index is 1.59. The SMILES string of the molecule is C=CCCC(NC(=O)OCC1c2ccccc2-c2ccccc21)C(=O)NCCC(C)(C)C(=O)O. The summed E-state index contributed by atoms with van der Waals surface area (Å²) in [6.45, 7) is 7.23. The number of alkyl carbamates (subject to hydrolysis) is 1. The van der Waals surface area contributed by atoms with E-state index in [0.717, 1.165) is 22.3 Å². The highest BCUT2D eigenvalue weighted by molar-refractivity contribution is 5.86. The Morgan fingerprint density at radius 1 is 1.09 bits per heavy atom. The Morgan fingerprint density at radius 3 is 2.24 bits per heavy atom. The normalized spacial score (nSPS) is 13.4. The highest BCUT2D eigenvalue weighted by Crippen LogP contribution is 2.44. The van der Waals surface area contributed by atoms with E-state index in [9.17, 15) is 19.5 Å². The summed E-state index contributed by atoms with van der Waals surface area (Å²) in [5.74, 6) is -1.38. The minimum Gasteiger partial charge on any atom is -0.481 e. The van der Waals surface area contributed by atoms with Gasteiger partial charge in [0, 0.05) is 12.5 Å². The molecule has 0 heterocycles. The van der Waals surface area contributed by atoms with Crippen molar-refractivity contribution in [1.29, 1.82) is 0 Å². The van der Waals surface area contributed by atoms with E-state index >= 15 is 0 Å². The lowest BCUT2D eigenvalue weighted by atomic mass is 9.89. The van der Waals surface area contributed by atoms with Crippen molar-refractivity contribution < 1.29 is 24.2 Å². The third-order valence-electron chi connectivity index (χ3n) is 6.24. The van der Waals surface area contributed by atoms with E-state index in [4.69, 9.17) is 4.74 Å². The molecule has 7 nitrogen and oxygen atoms in total. The molecular formula is C27H32N2O5. The first-order valence-electron chi connectivity index (χ1n) is 11.5. The van der Waals surface area contributed by atoms with Crippen molar-refractivity contribution in [3.63, 3.8) is 0 Å². The number of rotatable bonds is 11. The summed E-state index contributed by atoms with van der Waals surface area (Å²) in [5, 5.41) is 14.6. The van der Waals surface area contributed by atoms with Gasteiger partial charge in [-0.25, -0.2) is 4.79 Å². The molecular weight excluding hydrogens is 432 g/mol. The minimum atomic E-state index is -0.954. The number of carbonyl (C=O) groups excluding carboxylic acids is 2. The van der Waals surface area contributed by atoms with Crippen LogP contribution in [-0.4, -0.2) is 42.3 Å². The van der Waals surface area contributed by atoms with Crippen LogP contribution in [-0.2, 0) is 14.3 Å². The lowest BCUT2D eigenvalue weighted by molar-refractivity contribution is -0.147. The molecule has 1 aliphatic rings.